The van der Waals surface area contributed by atoms with Gasteiger partial charge in [-0.05, 0) is 57.3 Å². The Morgan fingerprint density at radius 1 is 1.15 bits per heavy atom. The molecule has 0 aliphatic heterocycles. The molecule has 3 N–H and O–H groups in total. The summed E-state index contributed by atoms with van der Waals surface area (Å²) in [7, 11) is 0.951. The van der Waals surface area contributed by atoms with Gasteiger partial charge in [0.15, 0.2) is 0 Å². The topological polar surface area (TPSA) is 103 Å². The normalized spacial score (nSPS) is 30.9. The number of carbonyl (C=O) groups excluding carboxylic acids is 1. The Hall–Kier alpha value is -2.00. The first kappa shape index (κ1) is 27.2. The van der Waals surface area contributed by atoms with Gasteiger partial charge in [0.2, 0.25) is 5.91 Å². The molecule has 2 aliphatic carbocycles. The maximum absolute atomic E-state index is 14.6. The number of aliphatic imine (C=N–C) groups is 1. The number of hydrogen-bond acceptors (Lipinski definition) is 4. The molecule has 0 saturated heterocycles. The molecule has 10 heteroatoms. The maximum Gasteiger partial charge on any atom is 0.430 e. The molecular formula is C23H35F4N3O3. The van der Waals surface area contributed by atoms with E-state index in [-0.39, 0.29) is 37.3 Å². The van der Waals surface area contributed by atoms with Gasteiger partial charge in [0.25, 0.3) is 0 Å². The Bertz CT molecular complexity index is 748. The van der Waals surface area contributed by atoms with Crippen molar-refractivity contribution in [3.05, 3.63) is 0 Å². The van der Waals surface area contributed by atoms with Gasteiger partial charge >= 0.3 is 12.1 Å². The van der Waals surface area contributed by atoms with E-state index in [1.807, 2.05) is 0 Å². The number of amides is 1. The minimum Gasteiger partial charge on any atom is -0.481 e. The van der Waals surface area contributed by atoms with Gasteiger partial charge < -0.3 is 15.8 Å². The van der Waals surface area contributed by atoms with Crippen LogP contribution in [0.1, 0.15) is 65.2 Å². The number of carboxylic acids is 1. The van der Waals surface area contributed by atoms with Crippen LogP contribution in [0.15, 0.2) is 4.99 Å². The lowest BCUT2D eigenvalue weighted by Gasteiger charge is -2.35. The number of nitrogens with zero attached hydrogens (tertiary/aromatic N) is 1. The standard InChI is InChI=1S/C23H35F4N3O3/c1-12-4-6-14(7-5-12)10-18(28)19(20(29-3)23(25,26)27)21(31)30-13(2)16-9-8-15(22(32)33)11-17(16)24/h12-17,19,28H,4-11H2,1-3H3,(H,30,31)(H,32,33). The highest BCUT2D eigenvalue weighted by atomic mass is 19.4. The van der Waals surface area contributed by atoms with Crippen molar-refractivity contribution in [3.63, 3.8) is 0 Å². The summed E-state index contributed by atoms with van der Waals surface area (Å²) in [5, 5.41) is 20.0. The van der Waals surface area contributed by atoms with Crippen molar-refractivity contribution in [1.82, 2.24) is 5.32 Å². The highest BCUT2D eigenvalue weighted by molar-refractivity contribution is 6.22. The second-order valence-corrected chi connectivity index (χ2v) is 9.72. The van der Waals surface area contributed by atoms with Crippen LogP contribution >= 0.6 is 0 Å². The fourth-order valence-electron chi connectivity index (χ4n) is 5.17. The number of halogens is 4. The predicted octanol–water partition coefficient (Wildman–Crippen LogP) is 4.82. The number of alkyl halides is 4. The van der Waals surface area contributed by atoms with E-state index in [0.29, 0.717) is 5.92 Å². The van der Waals surface area contributed by atoms with Gasteiger partial charge in [0.1, 0.15) is 17.8 Å². The van der Waals surface area contributed by atoms with Crippen molar-refractivity contribution in [1.29, 1.82) is 5.41 Å². The second-order valence-electron chi connectivity index (χ2n) is 9.72. The van der Waals surface area contributed by atoms with Crippen LogP contribution in [0.3, 0.4) is 0 Å². The molecule has 1 amide bonds. The molecule has 33 heavy (non-hydrogen) atoms. The van der Waals surface area contributed by atoms with Gasteiger partial charge in [-0.25, -0.2) is 4.39 Å². The summed E-state index contributed by atoms with van der Waals surface area (Å²) < 4.78 is 55.6. The average molecular weight is 478 g/mol. The zero-order chi connectivity index (χ0) is 24.9. The molecule has 5 unspecified atom stereocenters. The van der Waals surface area contributed by atoms with Gasteiger partial charge in [0.05, 0.1) is 5.92 Å². The molecule has 0 radical (unpaired) electrons. The summed E-state index contributed by atoms with van der Waals surface area (Å²) in [5.41, 5.74) is -1.66. The number of rotatable bonds is 8. The van der Waals surface area contributed by atoms with E-state index < -0.39 is 53.7 Å². The van der Waals surface area contributed by atoms with Crippen molar-refractivity contribution in [2.45, 2.75) is 83.6 Å². The van der Waals surface area contributed by atoms with E-state index in [1.165, 1.54) is 6.92 Å². The third-order valence-corrected chi connectivity index (χ3v) is 7.24. The minimum absolute atomic E-state index is 0.0503. The number of aliphatic carboxylic acids is 1. The maximum atomic E-state index is 14.6. The van der Waals surface area contributed by atoms with Crippen molar-refractivity contribution >= 4 is 23.3 Å². The van der Waals surface area contributed by atoms with Crippen LogP contribution in [0.25, 0.3) is 0 Å². The number of hydrogen-bond donors (Lipinski definition) is 3. The fraction of sp³-hybridized carbons (Fsp3) is 0.826. The lowest BCUT2D eigenvalue weighted by molar-refractivity contribution is -0.144. The summed E-state index contributed by atoms with van der Waals surface area (Å²) in [6, 6.07) is -0.806. The molecular weight excluding hydrogens is 442 g/mol. The monoisotopic (exact) mass is 477 g/mol. The summed E-state index contributed by atoms with van der Waals surface area (Å²) in [6.07, 6.45) is -2.54. The van der Waals surface area contributed by atoms with Crippen molar-refractivity contribution < 1.29 is 32.3 Å². The van der Waals surface area contributed by atoms with Gasteiger partial charge in [-0.2, -0.15) is 13.2 Å². The van der Waals surface area contributed by atoms with Crippen LogP contribution < -0.4 is 5.32 Å². The van der Waals surface area contributed by atoms with E-state index in [0.717, 1.165) is 32.7 Å². The Morgan fingerprint density at radius 2 is 1.76 bits per heavy atom. The molecule has 0 aromatic rings. The molecule has 0 aromatic heterocycles. The summed E-state index contributed by atoms with van der Waals surface area (Å²) in [5.74, 6) is -4.88. The Balaban J connectivity index is 2.14. The number of carbonyl (C=O) groups is 2. The average Bonchev–Trinajstić information content (AvgIpc) is 2.72. The van der Waals surface area contributed by atoms with Crippen molar-refractivity contribution in [2.75, 3.05) is 7.05 Å². The molecule has 0 heterocycles. The molecule has 2 rings (SSSR count). The second kappa shape index (κ2) is 11.4. The first-order chi connectivity index (χ1) is 15.3. The molecule has 5 atom stereocenters. The molecule has 2 aliphatic rings. The minimum atomic E-state index is -4.88. The van der Waals surface area contributed by atoms with Crippen LogP contribution in [0, 0.1) is 35.0 Å². The van der Waals surface area contributed by atoms with E-state index in [9.17, 15) is 27.2 Å². The lowest BCUT2D eigenvalue weighted by atomic mass is 9.77. The van der Waals surface area contributed by atoms with Crippen LogP contribution in [0.4, 0.5) is 17.6 Å². The van der Waals surface area contributed by atoms with Gasteiger partial charge in [-0.15, -0.1) is 0 Å². The van der Waals surface area contributed by atoms with Crippen molar-refractivity contribution in [2.24, 2.45) is 34.6 Å². The quantitative estimate of drug-likeness (QED) is 0.345. The van der Waals surface area contributed by atoms with Crippen molar-refractivity contribution in [3.8, 4) is 0 Å². The zero-order valence-corrected chi connectivity index (χ0v) is 19.4. The molecule has 188 valence electrons. The lowest BCUT2D eigenvalue weighted by Crippen LogP contribution is -2.51. The largest absolute Gasteiger partial charge is 0.481 e. The first-order valence-electron chi connectivity index (χ1n) is 11.6. The fourth-order valence-corrected chi connectivity index (χ4v) is 5.17. The third-order valence-electron chi connectivity index (χ3n) is 7.24. The van der Waals surface area contributed by atoms with Crippen LogP contribution in [0.5, 0.6) is 0 Å². The molecule has 0 aromatic carbocycles. The summed E-state index contributed by atoms with van der Waals surface area (Å²) in [6.45, 7) is 3.63. The van der Waals surface area contributed by atoms with Gasteiger partial charge in [-0.1, -0.05) is 19.8 Å². The van der Waals surface area contributed by atoms with E-state index in [4.69, 9.17) is 10.5 Å². The first-order valence-corrected chi connectivity index (χ1v) is 11.6. The van der Waals surface area contributed by atoms with Crippen LogP contribution in [-0.2, 0) is 9.59 Å². The highest BCUT2D eigenvalue weighted by Crippen LogP contribution is 2.35. The summed E-state index contributed by atoms with van der Waals surface area (Å²) >= 11 is 0. The Labute approximate surface area is 192 Å². The molecule has 2 saturated carbocycles. The van der Waals surface area contributed by atoms with Crippen LogP contribution in [-0.4, -0.2) is 53.8 Å². The highest BCUT2D eigenvalue weighted by Gasteiger charge is 2.46. The molecule has 6 nitrogen and oxygen atoms in total. The Morgan fingerprint density at radius 3 is 2.24 bits per heavy atom. The number of nitrogens with one attached hydrogen (secondary N) is 2. The van der Waals surface area contributed by atoms with E-state index >= 15 is 0 Å². The van der Waals surface area contributed by atoms with E-state index in [2.05, 4.69) is 17.2 Å². The Kier molecular flexibility index (Phi) is 9.43. The molecule has 0 spiro atoms. The smallest absolute Gasteiger partial charge is 0.430 e. The molecule has 2 fully saturated rings. The predicted molar refractivity (Wildman–Crippen MR) is 117 cm³/mol. The number of carboxylic acid groups (broad SMARTS) is 1. The zero-order valence-electron chi connectivity index (χ0n) is 19.4. The van der Waals surface area contributed by atoms with E-state index in [1.54, 1.807) is 0 Å². The molecule has 0 bridgehead atoms. The SMILES string of the molecule is CN=C(C(C(=N)CC1CCC(C)CC1)C(=O)NC(C)C1CCC(C(=O)O)CC1F)C(F)(F)F. The third kappa shape index (κ3) is 7.24. The van der Waals surface area contributed by atoms with Gasteiger partial charge in [-0.3, -0.25) is 14.6 Å². The van der Waals surface area contributed by atoms with Crippen LogP contribution in [0.2, 0.25) is 0 Å². The van der Waals surface area contributed by atoms with Gasteiger partial charge in [0, 0.05) is 24.7 Å². The summed E-state index contributed by atoms with van der Waals surface area (Å²) in [4.78, 5) is 27.5.